The van der Waals surface area contributed by atoms with Crippen molar-refractivity contribution in [2.45, 2.75) is 19.3 Å². The third-order valence-corrected chi connectivity index (χ3v) is 10.7. The highest BCUT2D eigenvalue weighted by Gasteiger charge is 2.38. The summed E-state index contributed by atoms with van der Waals surface area (Å²) in [6, 6.07) is 56.3. The molecule has 0 bridgehead atoms. The molecule has 0 fully saturated rings. The number of fused-ring (bicyclic) bond motifs is 7. The largest absolute Gasteiger partial charge is 0.256 e. The lowest BCUT2D eigenvalue weighted by Crippen LogP contribution is -2.14. The molecule has 10 rings (SSSR count). The smallest absolute Gasteiger partial charge is 0.161 e. The summed E-state index contributed by atoms with van der Waals surface area (Å²) in [6.45, 7) is 4.72. The van der Waals surface area contributed by atoms with Crippen LogP contribution < -0.4 is 0 Å². The summed E-state index contributed by atoms with van der Waals surface area (Å²) >= 11 is 0. The third-order valence-electron chi connectivity index (χ3n) is 10.7. The maximum Gasteiger partial charge on any atom is 0.161 e. The van der Waals surface area contributed by atoms with Crippen LogP contribution in [0.4, 0.5) is 0 Å². The van der Waals surface area contributed by atoms with E-state index in [1.54, 1.807) is 0 Å². The first-order valence-electron chi connectivity index (χ1n) is 17.5. The second kappa shape index (κ2) is 11.3. The van der Waals surface area contributed by atoms with Crippen LogP contribution in [0.15, 0.2) is 164 Å². The van der Waals surface area contributed by atoms with E-state index < -0.39 is 0 Å². The molecule has 0 radical (unpaired) electrons. The Morgan fingerprint density at radius 1 is 0.431 bits per heavy atom. The van der Waals surface area contributed by atoms with Gasteiger partial charge < -0.3 is 0 Å². The lowest BCUT2D eigenvalue weighted by molar-refractivity contribution is 0.661. The lowest BCUT2D eigenvalue weighted by atomic mass is 9.81. The van der Waals surface area contributed by atoms with E-state index in [4.69, 9.17) is 15.0 Å². The summed E-state index contributed by atoms with van der Waals surface area (Å²) in [4.78, 5) is 15.3. The number of rotatable bonds is 4. The molecule has 0 unspecified atom stereocenters. The van der Waals surface area contributed by atoms with Crippen molar-refractivity contribution in [3.8, 4) is 56.2 Å². The van der Waals surface area contributed by atoms with Crippen LogP contribution in [-0.4, -0.2) is 15.0 Å². The molecular formula is C48H33N3. The molecule has 3 heteroatoms. The third kappa shape index (κ3) is 4.55. The molecule has 0 spiro atoms. The summed E-state index contributed by atoms with van der Waals surface area (Å²) in [5, 5.41) is 5.95. The number of benzene rings is 7. The first kappa shape index (κ1) is 29.5. The maximum atomic E-state index is 5.29. The molecule has 0 N–H and O–H groups in total. The van der Waals surface area contributed by atoms with Crippen LogP contribution in [0.3, 0.4) is 0 Å². The standard InChI is InChI=1S/C48H33N3/c1-48(2)40-23-11-21-37(45(40)44-33-18-7-6-13-30(33)24-27-41(44)48)36-25-26-38(35-20-9-8-19-34(35)36)47-50-42(31-14-4-3-5-15-31)29-43(51-47)39-22-10-16-32-17-12-28-49-46(32)39/h3-29H,1-2H3. The molecule has 9 aromatic rings. The van der Waals surface area contributed by atoms with E-state index in [0.29, 0.717) is 5.82 Å². The predicted octanol–water partition coefficient (Wildman–Crippen LogP) is 12.3. The average molecular weight is 652 g/mol. The van der Waals surface area contributed by atoms with Crippen LogP contribution in [0, 0.1) is 0 Å². The molecule has 0 atom stereocenters. The molecule has 3 nitrogen and oxygen atoms in total. The fourth-order valence-corrected chi connectivity index (χ4v) is 8.28. The van der Waals surface area contributed by atoms with Gasteiger partial charge in [-0.05, 0) is 73.1 Å². The van der Waals surface area contributed by atoms with Gasteiger partial charge in [0.15, 0.2) is 5.82 Å². The molecule has 0 aliphatic heterocycles. The number of nitrogens with zero attached hydrogens (tertiary/aromatic N) is 3. The minimum atomic E-state index is -0.112. The van der Waals surface area contributed by atoms with Crippen molar-refractivity contribution in [1.82, 2.24) is 15.0 Å². The van der Waals surface area contributed by atoms with E-state index in [0.717, 1.165) is 44.4 Å². The zero-order valence-electron chi connectivity index (χ0n) is 28.4. The Morgan fingerprint density at radius 3 is 1.94 bits per heavy atom. The van der Waals surface area contributed by atoms with Gasteiger partial charge in [0.2, 0.25) is 0 Å². The average Bonchev–Trinajstić information content (AvgIpc) is 3.43. The second-order valence-corrected chi connectivity index (χ2v) is 14.0. The number of hydrogen-bond donors (Lipinski definition) is 0. The van der Waals surface area contributed by atoms with Crippen LogP contribution in [0.5, 0.6) is 0 Å². The van der Waals surface area contributed by atoms with E-state index in [9.17, 15) is 0 Å². The molecule has 0 amide bonds. The molecule has 0 saturated heterocycles. The van der Waals surface area contributed by atoms with Gasteiger partial charge in [0, 0.05) is 33.7 Å². The fourth-order valence-electron chi connectivity index (χ4n) is 8.28. The molecule has 51 heavy (non-hydrogen) atoms. The molecule has 0 saturated carbocycles. The summed E-state index contributed by atoms with van der Waals surface area (Å²) in [5.41, 5.74) is 13.5. The van der Waals surface area contributed by atoms with Crippen LogP contribution in [0.1, 0.15) is 25.0 Å². The summed E-state index contributed by atoms with van der Waals surface area (Å²) < 4.78 is 0. The van der Waals surface area contributed by atoms with Gasteiger partial charge in [-0.25, -0.2) is 9.97 Å². The topological polar surface area (TPSA) is 38.7 Å². The Labute approximate surface area is 297 Å². The van der Waals surface area contributed by atoms with E-state index in [2.05, 4.69) is 159 Å². The van der Waals surface area contributed by atoms with Crippen LogP contribution >= 0.6 is 0 Å². The fraction of sp³-hybridized carbons (Fsp3) is 0.0625. The summed E-state index contributed by atoms with van der Waals surface area (Å²) in [5.74, 6) is 0.692. The highest BCUT2D eigenvalue weighted by Crippen LogP contribution is 2.55. The van der Waals surface area contributed by atoms with Gasteiger partial charge in [0.25, 0.3) is 0 Å². The van der Waals surface area contributed by atoms with E-state index in [-0.39, 0.29) is 5.41 Å². The molecule has 1 aliphatic rings. The van der Waals surface area contributed by atoms with Gasteiger partial charge in [0.05, 0.1) is 16.9 Å². The van der Waals surface area contributed by atoms with Crippen molar-refractivity contribution in [3.63, 3.8) is 0 Å². The van der Waals surface area contributed by atoms with Crippen molar-refractivity contribution < 1.29 is 0 Å². The Hall–Kier alpha value is -6.45. The van der Waals surface area contributed by atoms with Crippen LogP contribution in [0.2, 0.25) is 0 Å². The van der Waals surface area contributed by atoms with Gasteiger partial charge in [-0.3, -0.25) is 4.98 Å². The lowest BCUT2D eigenvalue weighted by Gasteiger charge is -2.22. The summed E-state index contributed by atoms with van der Waals surface area (Å²) in [7, 11) is 0. The van der Waals surface area contributed by atoms with Gasteiger partial charge in [-0.15, -0.1) is 0 Å². The van der Waals surface area contributed by atoms with Crippen molar-refractivity contribution in [1.29, 1.82) is 0 Å². The highest BCUT2D eigenvalue weighted by molar-refractivity contribution is 6.11. The Bertz CT molecular complexity index is 2830. The molecule has 2 heterocycles. The number of hydrogen-bond acceptors (Lipinski definition) is 3. The van der Waals surface area contributed by atoms with Crippen molar-refractivity contribution in [2.75, 3.05) is 0 Å². The normalized spacial score (nSPS) is 13.1. The van der Waals surface area contributed by atoms with E-state index in [1.807, 2.05) is 18.3 Å². The molecule has 240 valence electrons. The monoisotopic (exact) mass is 651 g/mol. The van der Waals surface area contributed by atoms with Crippen molar-refractivity contribution in [2.24, 2.45) is 0 Å². The van der Waals surface area contributed by atoms with Gasteiger partial charge in [0.1, 0.15) is 0 Å². The van der Waals surface area contributed by atoms with Gasteiger partial charge >= 0.3 is 0 Å². The Kier molecular flexibility index (Phi) is 6.53. The Balaban J connectivity index is 1.22. The van der Waals surface area contributed by atoms with Crippen LogP contribution in [-0.2, 0) is 5.41 Å². The van der Waals surface area contributed by atoms with Crippen LogP contribution in [0.25, 0.3) is 88.6 Å². The van der Waals surface area contributed by atoms with Crippen molar-refractivity contribution >= 4 is 32.4 Å². The summed E-state index contributed by atoms with van der Waals surface area (Å²) in [6.07, 6.45) is 1.85. The predicted molar refractivity (Wildman–Crippen MR) is 212 cm³/mol. The highest BCUT2D eigenvalue weighted by atomic mass is 14.9. The zero-order valence-corrected chi connectivity index (χ0v) is 28.4. The number of para-hydroxylation sites is 1. The van der Waals surface area contributed by atoms with Crippen molar-refractivity contribution in [3.05, 3.63) is 175 Å². The minimum Gasteiger partial charge on any atom is -0.256 e. The molecular weight excluding hydrogens is 619 g/mol. The minimum absolute atomic E-state index is 0.112. The second-order valence-electron chi connectivity index (χ2n) is 14.0. The first-order chi connectivity index (χ1) is 25.1. The van der Waals surface area contributed by atoms with Gasteiger partial charge in [-0.2, -0.15) is 0 Å². The van der Waals surface area contributed by atoms with E-state index in [1.165, 1.54) is 49.5 Å². The van der Waals surface area contributed by atoms with Gasteiger partial charge in [-0.1, -0.05) is 153 Å². The Morgan fingerprint density at radius 2 is 1.08 bits per heavy atom. The molecule has 2 aromatic heterocycles. The first-order valence-corrected chi connectivity index (χ1v) is 17.5. The maximum absolute atomic E-state index is 5.29. The zero-order chi connectivity index (χ0) is 34.1. The molecule has 7 aromatic carbocycles. The SMILES string of the molecule is CC1(C)c2cccc(-c3ccc(-c4nc(-c5ccccc5)cc(-c5cccc6cccnc56)n4)c4ccccc34)c2-c2c1ccc1ccccc21. The number of pyridine rings is 1. The number of aromatic nitrogens is 3. The quantitative estimate of drug-likeness (QED) is 0.190. The van der Waals surface area contributed by atoms with E-state index >= 15 is 0 Å². The molecule has 1 aliphatic carbocycles.